The zero-order chi connectivity index (χ0) is 13.7. The summed E-state index contributed by atoms with van der Waals surface area (Å²) in [5.74, 6) is 0. The molecule has 0 saturated heterocycles. The highest BCUT2D eigenvalue weighted by molar-refractivity contribution is 8.04. The molecule has 0 radical (unpaired) electrons. The summed E-state index contributed by atoms with van der Waals surface area (Å²) >= 11 is 1.45. The van der Waals surface area contributed by atoms with Gasteiger partial charge >= 0.3 is 6.09 Å². The summed E-state index contributed by atoms with van der Waals surface area (Å²) in [5.41, 5.74) is 0.940. The van der Waals surface area contributed by atoms with Gasteiger partial charge in [-0.05, 0) is 11.6 Å². The van der Waals surface area contributed by atoms with Crippen molar-refractivity contribution < 1.29 is 14.3 Å². The monoisotopic (exact) mass is 277 g/mol. The third-order valence-electron chi connectivity index (χ3n) is 2.78. The highest BCUT2D eigenvalue weighted by Crippen LogP contribution is 2.30. The standard InChI is InChI=1S/C14H15NO3S/c1-10-13(7-12(8-16)19-10)15-14(17)18-9-11-5-3-2-4-6-11/h2-8,10,13H,9H2,1H3,(H,15,17). The third-order valence-corrected chi connectivity index (χ3v) is 3.95. The van der Waals surface area contributed by atoms with Crippen LogP contribution < -0.4 is 5.32 Å². The van der Waals surface area contributed by atoms with Gasteiger partial charge in [0.1, 0.15) is 6.61 Å². The number of allylic oxidation sites excluding steroid dienone is 1. The number of amides is 1. The molecular formula is C14H15NO3S. The molecule has 1 aromatic rings. The number of nitrogens with one attached hydrogen (secondary N) is 1. The first-order chi connectivity index (χ1) is 9.19. The Morgan fingerprint density at radius 2 is 2.16 bits per heavy atom. The summed E-state index contributed by atoms with van der Waals surface area (Å²) in [6, 6.07) is 9.33. The maximum atomic E-state index is 11.7. The molecule has 0 aliphatic carbocycles. The molecule has 1 N–H and O–H groups in total. The molecule has 100 valence electrons. The lowest BCUT2D eigenvalue weighted by molar-refractivity contribution is -0.104. The SMILES string of the molecule is CC1SC(C=O)=CC1NC(=O)OCc1ccccc1. The van der Waals surface area contributed by atoms with E-state index in [1.165, 1.54) is 11.8 Å². The van der Waals surface area contributed by atoms with Crippen LogP contribution in [0.2, 0.25) is 0 Å². The minimum Gasteiger partial charge on any atom is -0.445 e. The fourth-order valence-corrected chi connectivity index (χ4v) is 2.77. The van der Waals surface area contributed by atoms with Crippen LogP contribution >= 0.6 is 11.8 Å². The summed E-state index contributed by atoms with van der Waals surface area (Å²) in [6.07, 6.45) is 2.09. The van der Waals surface area contributed by atoms with Crippen LogP contribution in [0.25, 0.3) is 0 Å². The number of carbonyl (C=O) groups excluding carboxylic acids is 2. The number of thioether (sulfide) groups is 1. The highest BCUT2D eigenvalue weighted by Gasteiger charge is 2.26. The van der Waals surface area contributed by atoms with Gasteiger partial charge in [0, 0.05) is 10.2 Å². The summed E-state index contributed by atoms with van der Waals surface area (Å²) in [7, 11) is 0. The van der Waals surface area contributed by atoms with E-state index in [0.717, 1.165) is 11.8 Å². The Labute approximate surface area is 116 Å². The molecule has 0 fully saturated rings. The van der Waals surface area contributed by atoms with E-state index in [2.05, 4.69) is 5.32 Å². The van der Waals surface area contributed by atoms with Crippen molar-refractivity contribution in [3.63, 3.8) is 0 Å². The maximum absolute atomic E-state index is 11.7. The zero-order valence-corrected chi connectivity index (χ0v) is 11.4. The minimum absolute atomic E-state index is 0.143. The summed E-state index contributed by atoms with van der Waals surface area (Å²) < 4.78 is 5.13. The lowest BCUT2D eigenvalue weighted by Gasteiger charge is -2.15. The maximum Gasteiger partial charge on any atom is 0.407 e. The summed E-state index contributed by atoms with van der Waals surface area (Å²) in [6.45, 7) is 2.20. The van der Waals surface area contributed by atoms with E-state index in [1.54, 1.807) is 6.08 Å². The number of rotatable bonds is 4. The molecule has 0 aromatic heterocycles. The van der Waals surface area contributed by atoms with E-state index in [4.69, 9.17) is 4.74 Å². The Balaban J connectivity index is 1.82. The van der Waals surface area contributed by atoms with Crippen LogP contribution in [0.5, 0.6) is 0 Å². The molecule has 0 spiro atoms. The van der Waals surface area contributed by atoms with E-state index in [0.29, 0.717) is 4.91 Å². The first-order valence-electron chi connectivity index (χ1n) is 6.00. The Morgan fingerprint density at radius 3 is 2.79 bits per heavy atom. The fraction of sp³-hybridized carbons (Fsp3) is 0.286. The molecule has 2 atom stereocenters. The highest BCUT2D eigenvalue weighted by atomic mass is 32.2. The van der Waals surface area contributed by atoms with Crippen LogP contribution in [-0.4, -0.2) is 23.7 Å². The van der Waals surface area contributed by atoms with E-state index in [1.807, 2.05) is 37.3 Å². The van der Waals surface area contributed by atoms with Gasteiger partial charge in [0.25, 0.3) is 0 Å². The molecule has 1 aliphatic rings. The molecule has 0 saturated carbocycles. The first-order valence-corrected chi connectivity index (χ1v) is 6.88. The van der Waals surface area contributed by atoms with E-state index < -0.39 is 6.09 Å². The van der Waals surface area contributed by atoms with Crippen molar-refractivity contribution in [2.45, 2.75) is 24.8 Å². The number of carbonyl (C=O) groups is 2. The Hall–Kier alpha value is -1.75. The molecular weight excluding hydrogens is 262 g/mol. The zero-order valence-electron chi connectivity index (χ0n) is 10.5. The van der Waals surface area contributed by atoms with Crippen molar-refractivity contribution in [3.8, 4) is 0 Å². The molecule has 19 heavy (non-hydrogen) atoms. The van der Waals surface area contributed by atoms with Crippen molar-refractivity contribution >= 4 is 24.1 Å². The normalized spacial score (nSPS) is 21.6. The van der Waals surface area contributed by atoms with Gasteiger partial charge in [-0.2, -0.15) is 0 Å². The van der Waals surface area contributed by atoms with Gasteiger partial charge in [-0.3, -0.25) is 4.79 Å². The average molecular weight is 277 g/mol. The van der Waals surface area contributed by atoms with Crippen LogP contribution in [0.4, 0.5) is 4.79 Å². The minimum atomic E-state index is -0.468. The topological polar surface area (TPSA) is 55.4 Å². The van der Waals surface area contributed by atoms with Crippen molar-refractivity contribution in [1.29, 1.82) is 0 Å². The number of hydrogen-bond donors (Lipinski definition) is 1. The van der Waals surface area contributed by atoms with E-state index in [-0.39, 0.29) is 17.9 Å². The van der Waals surface area contributed by atoms with Gasteiger partial charge in [-0.15, -0.1) is 11.8 Å². The number of benzene rings is 1. The molecule has 2 rings (SSSR count). The lowest BCUT2D eigenvalue weighted by atomic mass is 10.2. The molecule has 5 heteroatoms. The fourth-order valence-electron chi connectivity index (χ4n) is 1.77. The summed E-state index contributed by atoms with van der Waals surface area (Å²) in [4.78, 5) is 23.0. The largest absolute Gasteiger partial charge is 0.445 e. The van der Waals surface area contributed by atoms with Crippen molar-refractivity contribution in [2.24, 2.45) is 0 Å². The predicted octanol–water partition coefficient (Wildman–Crippen LogP) is 2.50. The van der Waals surface area contributed by atoms with Crippen LogP contribution in [-0.2, 0) is 16.1 Å². The molecule has 1 aliphatic heterocycles. The number of hydrogen-bond acceptors (Lipinski definition) is 4. The second kappa shape index (κ2) is 6.43. The molecule has 1 amide bonds. The number of aldehydes is 1. The van der Waals surface area contributed by atoms with E-state index in [9.17, 15) is 9.59 Å². The number of alkyl carbamates (subject to hydrolysis) is 1. The summed E-state index contributed by atoms with van der Waals surface area (Å²) in [5, 5.41) is 2.89. The Bertz CT molecular complexity index is 487. The predicted molar refractivity (Wildman–Crippen MR) is 74.8 cm³/mol. The quantitative estimate of drug-likeness (QED) is 0.859. The smallest absolute Gasteiger partial charge is 0.407 e. The third kappa shape index (κ3) is 3.86. The van der Waals surface area contributed by atoms with Crippen LogP contribution in [0.3, 0.4) is 0 Å². The Morgan fingerprint density at radius 1 is 1.42 bits per heavy atom. The van der Waals surface area contributed by atoms with Gasteiger partial charge in [0.05, 0.1) is 6.04 Å². The van der Waals surface area contributed by atoms with Gasteiger partial charge in [0.15, 0.2) is 6.29 Å². The van der Waals surface area contributed by atoms with Gasteiger partial charge < -0.3 is 10.1 Å². The molecule has 1 aromatic carbocycles. The second-order valence-electron chi connectivity index (χ2n) is 4.24. The van der Waals surface area contributed by atoms with Crippen molar-refractivity contribution in [2.75, 3.05) is 0 Å². The van der Waals surface area contributed by atoms with Gasteiger partial charge in [-0.1, -0.05) is 37.3 Å². The molecule has 1 heterocycles. The molecule has 4 nitrogen and oxygen atoms in total. The van der Waals surface area contributed by atoms with Gasteiger partial charge in [-0.25, -0.2) is 4.79 Å². The first kappa shape index (κ1) is 13.7. The molecule has 0 bridgehead atoms. The lowest BCUT2D eigenvalue weighted by Crippen LogP contribution is -2.37. The Kier molecular flexibility index (Phi) is 4.63. The van der Waals surface area contributed by atoms with Gasteiger partial charge in [0.2, 0.25) is 0 Å². The van der Waals surface area contributed by atoms with E-state index >= 15 is 0 Å². The van der Waals surface area contributed by atoms with Crippen molar-refractivity contribution in [1.82, 2.24) is 5.32 Å². The van der Waals surface area contributed by atoms with Crippen LogP contribution in [0.1, 0.15) is 12.5 Å². The number of ether oxygens (including phenoxy) is 1. The van der Waals surface area contributed by atoms with Crippen LogP contribution in [0.15, 0.2) is 41.3 Å². The molecule has 2 unspecified atom stereocenters. The second-order valence-corrected chi connectivity index (χ2v) is 5.69. The van der Waals surface area contributed by atoms with Crippen molar-refractivity contribution in [3.05, 3.63) is 46.9 Å². The van der Waals surface area contributed by atoms with Crippen LogP contribution in [0, 0.1) is 0 Å². The average Bonchev–Trinajstić information content (AvgIpc) is 2.78.